The second-order valence-electron chi connectivity index (χ2n) is 4.38. The lowest BCUT2D eigenvalue weighted by molar-refractivity contribution is 0.0469. The third-order valence-electron chi connectivity index (χ3n) is 1.71. The zero-order valence-electron chi connectivity index (χ0n) is 9.29. The summed E-state index contributed by atoms with van der Waals surface area (Å²) in [5.74, 6) is 0. The van der Waals surface area contributed by atoms with Crippen molar-refractivity contribution < 1.29 is 19.1 Å². The fourth-order valence-electron chi connectivity index (χ4n) is 1.10. The number of hydrogen-bond donors (Lipinski definition) is 2. The van der Waals surface area contributed by atoms with E-state index in [1.54, 1.807) is 27.7 Å². The van der Waals surface area contributed by atoms with Crippen LogP contribution in [0, 0.1) is 0 Å². The van der Waals surface area contributed by atoms with Crippen LogP contribution in [0.25, 0.3) is 0 Å². The van der Waals surface area contributed by atoms with E-state index in [1.165, 1.54) is 0 Å². The second kappa shape index (κ2) is 3.96. The molecule has 2 atom stereocenters. The first-order chi connectivity index (χ1) is 6.78. The summed E-state index contributed by atoms with van der Waals surface area (Å²) in [4.78, 5) is 22.1. The molecule has 0 radical (unpaired) electrons. The lowest BCUT2D eigenvalue weighted by Crippen LogP contribution is -2.48. The molecule has 1 heterocycles. The third-order valence-corrected chi connectivity index (χ3v) is 1.71. The lowest BCUT2D eigenvalue weighted by atomic mass is 10.2. The van der Waals surface area contributed by atoms with Gasteiger partial charge in [-0.1, -0.05) is 0 Å². The average Bonchev–Trinajstić information content (AvgIpc) is 2.25. The van der Waals surface area contributed by atoms with Crippen LogP contribution in [0.15, 0.2) is 0 Å². The maximum atomic E-state index is 11.3. The van der Waals surface area contributed by atoms with Crippen LogP contribution >= 0.6 is 0 Å². The van der Waals surface area contributed by atoms with E-state index >= 15 is 0 Å². The lowest BCUT2D eigenvalue weighted by Gasteiger charge is -2.22. The van der Waals surface area contributed by atoms with Crippen molar-refractivity contribution >= 4 is 12.2 Å². The van der Waals surface area contributed by atoms with Crippen LogP contribution in [0.1, 0.15) is 27.7 Å². The summed E-state index contributed by atoms with van der Waals surface area (Å²) >= 11 is 0. The Kier molecular flexibility index (Phi) is 3.06. The van der Waals surface area contributed by atoms with E-state index in [0.29, 0.717) is 0 Å². The molecule has 1 rings (SSSR count). The topological polar surface area (TPSA) is 76.7 Å². The Bertz CT molecular complexity index is 272. The van der Waals surface area contributed by atoms with Gasteiger partial charge >= 0.3 is 12.2 Å². The Hall–Kier alpha value is -1.46. The van der Waals surface area contributed by atoms with E-state index in [0.717, 1.165) is 0 Å². The maximum absolute atomic E-state index is 11.3. The molecule has 2 amide bonds. The first kappa shape index (κ1) is 11.6. The van der Waals surface area contributed by atoms with Gasteiger partial charge in [0.2, 0.25) is 0 Å². The van der Waals surface area contributed by atoms with Gasteiger partial charge in [-0.05, 0) is 27.7 Å². The summed E-state index contributed by atoms with van der Waals surface area (Å²) in [6, 6.07) is 0. The van der Waals surface area contributed by atoms with Gasteiger partial charge < -0.3 is 9.47 Å². The molecule has 0 spiro atoms. The van der Waals surface area contributed by atoms with Crippen molar-refractivity contribution in [2.24, 2.45) is 0 Å². The summed E-state index contributed by atoms with van der Waals surface area (Å²) in [6.45, 7) is 6.97. The minimum Gasteiger partial charge on any atom is -0.444 e. The van der Waals surface area contributed by atoms with Gasteiger partial charge in [-0.2, -0.15) is 0 Å². The fraction of sp³-hybridized carbons (Fsp3) is 0.778. The smallest absolute Gasteiger partial charge is 0.409 e. The average molecular weight is 216 g/mol. The Labute approximate surface area is 88.3 Å². The molecule has 1 aliphatic heterocycles. The minimum absolute atomic E-state index is 0.398. The van der Waals surface area contributed by atoms with E-state index in [9.17, 15) is 9.59 Å². The molecule has 0 aromatic rings. The summed E-state index contributed by atoms with van der Waals surface area (Å²) in [5.41, 5.74) is -0.559. The molecule has 1 aliphatic rings. The van der Waals surface area contributed by atoms with E-state index in [1.807, 2.05) is 0 Å². The molecule has 1 fully saturated rings. The Morgan fingerprint density at radius 3 is 2.53 bits per heavy atom. The monoisotopic (exact) mass is 216 g/mol. The van der Waals surface area contributed by atoms with Gasteiger partial charge in [0.25, 0.3) is 0 Å². The highest BCUT2D eigenvalue weighted by molar-refractivity contribution is 5.73. The number of carbonyl (C=O) groups excluding carboxylic acids is 2. The Morgan fingerprint density at radius 1 is 1.53 bits per heavy atom. The predicted molar refractivity (Wildman–Crippen MR) is 52.2 cm³/mol. The number of amides is 2. The molecule has 0 saturated carbocycles. The van der Waals surface area contributed by atoms with Crippen molar-refractivity contribution in [3.8, 4) is 0 Å². The number of ether oxygens (including phenoxy) is 2. The molecule has 6 nitrogen and oxygen atoms in total. The standard InChI is InChI=1S/C9H16N2O4/c1-5-6(10-7(12)14-5)11-8(13)15-9(2,3)4/h5-6H,1-4H3,(H,10,12)(H,11,13). The second-order valence-corrected chi connectivity index (χ2v) is 4.38. The van der Waals surface area contributed by atoms with E-state index in [-0.39, 0.29) is 0 Å². The number of nitrogens with one attached hydrogen (secondary N) is 2. The SMILES string of the molecule is CC1OC(=O)NC1NC(=O)OC(C)(C)C. The van der Waals surface area contributed by atoms with E-state index in [2.05, 4.69) is 10.6 Å². The molecule has 0 aromatic carbocycles. The summed E-state index contributed by atoms with van der Waals surface area (Å²) in [7, 11) is 0. The highest BCUT2D eigenvalue weighted by Gasteiger charge is 2.32. The van der Waals surface area contributed by atoms with Crippen LogP contribution in [0.3, 0.4) is 0 Å². The van der Waals surface area contributed by atoms with Crippen molar-refractivity contribution in [3.63, 3.8) is 0 Å². The van der Waals surface area contributed by atoms with Crippen molar-refractivity contribution in [2.75, 3.05) is 0 Å². The fourth-order valence-corrected chi connectivity index (χ4v) is 1.10. The molecule has 0 bridgehead atoms. The van der Waals surface area contributed by atoms with Crippen LogP contribution in [0.5, 0.6) is 0 Å². The summed E-state index contributed by atoms with van der Waals surface area (Å²) in [5, 5.41) is 4.94. The van der Waals surface area contributed by atoms with E-state index < -0.39 is 30.1 Å². The van der Waals surface area contributed by atoms with Crippen LogP contribution < -0.4 is 10.6 Å². The van der Waals surface area contributed by atoms with Crippen molar-refractivity contribution in [1.29, 1.82) is 0 Å². The molecular formula is C9H16N2O4. The van der Waals surface area contributed by atoms with Crippen LogP contribution in [-0.2, 0) is 9.47 Å². The van der Waals surface area contributed by atoms with Gasteiger partial charge in [0.1, 0.15) is 17.9 Å². The molecule has 0 aromatic heterocycles. The normalized spacial score (nSPS) is 25.5. The highest BCUT2D eigenvalue weighted by Crippen LogP contribution is 2.09. The van der Waals surface area contributed by atoms with Gasteiger partial charge in [0.15, 0.2) is 0 Å². The molecular weight excluding hydrogens is 200 g/mol. The van der Waals surface area contributed by atoms with Crippen LogP contribution in [0.2, 0.25) is 0 Å². The van der Waals surface area contributed by atoms with Crippen molar-refractivity contribution in [2.45, 2.75) is 45.6 Å². The molecule has 6 heteroatoms. The molecule has 2 unspecified atom stereocenters. The minimum atomic E-state index is -0.579. The van der Waals surface area contributed by atoms with Gasteiger partial charge in [0.05, 0.1) is 0 Å². The molecule has 2 N–H and O–H groups in total. The third kappa shape index (κ3) is 3.65. The van der Waals surface area contributed by atoms with Crippen molar-refractivity contribution in [1.82, 2.24) is 10.6 Å². The maximum Gasteiger partial charge on any atom is 0.409 e. The zero-order chi connectivity index (χ0) is 11.6. The van der Waals surface area contributed by atoms with Crippen molar-refractivity contribution in [3.05, 3.63) is 0 Å². The largest absolute Gasteiger partial charge is 0.444 e. The van der Waals surface area contributed by atoms with Gasteiger partial charge in [-0.15, -0.1) is 0 Å². The van der Waals surface area contributed by atoms with Crippen LogP contribution in [-0.4, -0.2) is 30.1 Å². The zero-order valence-corrected chi connectivity index (χ0v) is 9.29. The quantitative estimate of drug-likeness (QED) is 0.684. The summed E-state index contributed by atoms with van der Waals surface area (Å²) in [6.07, 6.45) is -2.05. The number of hydrogen-bond acceptors (Lipinski definition) is 4. The number of rotatable bonds is 1. The van der Waals surface area contributed by atoms with Crippen LogP contribution in [0.4, 0.5) is 9.59 Å². The Balaban J connectivity index is 2.42. The van der Waals surface area contributed by atoms with Gasteiger partial charge in [-0.3, -0.25) is 10.6 Å². The highest BCUT2D eigenvalue weighted by atomic mass is 16.6. The number of carbonyl (C=O) groups is 2. The molecule has 86 valence electrons. The first-order valence-corrected chi connectivity index (χ1v) is 4.74. The van der Waals surface area contributed by atoms with Gasteiger partial charge in [-0.25, -0.2) is 9.59 Å². The predicted octanol–water partition coefficient (Wildman–Crippen LogP) is 0.965. The molecule has 1 saturated heterocycles. The molecule has 15 heavy (non-hydrogen) atoms. The summed E-state index contributed by atoms with van der Waals surface area (Å²) < 4.78 is 9.81. The van der Waals surface area contributed by atoms with Gasteiger partial charge in [0, 0.05) is 0 Å². The number of cyclic esters (lactones) is 1. The van der Waals surface area contributed by atoms with E-state index in [4.69, 9.17) is 9.47 Å². The number of alkyl carbamates (subject to hydrolysis) is 2. The first-order valence-electron chi connectivity index (χ1n) is 4.74. The Morgan fingerprint density at radius 2 is 2.13 bits per heavy atom. The molecule has 0 aliphatic carbocycles.